The standard InChI is InChI=1S/C23H22FNO5/c1-28-20-10-6-17(23(26)27)12-19(20)25-13-16-5-9-21(22(11-16)29-2)30-14-15-3-7-18(24)8-4-15/h3-12,25H,13-14H2,1-2H3,(H,26,27). The summed E-state index contributed by atoms with van der Waals surface area (Å²) in [6, 6.07) is 16.2. The van der Waals surface area contributed by atoms with Gasteiger partial charge in [0.1, 0.15) is 18.2 Å². The number of rotatable bonds is 9. The average molecular weight is 411 g/mol. The van der Waals surface area contributed by atoms with Crippen LogP contribution < -0.4 is 19.5 Å². The van der Waals surface area contributed by atoms with E-state index in [1.807, 2.05) is 12.1 Å². The zero-order valence-corrected chi connectivity index (χ0v) is 16.6. The molecule has 6 nitrogen and oxygen atoms in total. The number of halogens is 1. The van der Waals surface area contributed by atoms with Crippen LogP contribution >= 0.6 is 0 Å². The van der Waals surface area contributed by atoms with Crippen LogP contribution in [0.4, 0.5) is 10.1 Å². The molecule has 2 N–H and O–H groups in total. The van der Waals surface area contributed by atoms with Crippen molar-refractivity contribution in [2.24, 2.45) is 0 Å². The Hall–Kier alpha value is -3.74. The predicted molar refractivity (Wildman–Crippen MR) is 111 cm³/mol. The lowest BCUT2D eigenvalue weighted by molar-refractivity contribution is 0.0697. The average Bonchev–Trinajstić information content (AvgIpc) is 2.77. The van der Waals surface area contributed by atoms with Crippen LogP contribution in [0, 0.1) is 5.82 Å². The molecule has 3 aromatic rings. The van der Waals surface area contributed by atoms with E-state index in [9.17, 15) is 14.3 Å². The Morgan fingerprint density at radius 1 is 0.900 bits per heavy atom. The van der Waals surface area contributed by atoms with Crippen LogP contribution in [0.5, 0.6) is 17.2 Å². The van der Waals surface area contributed by atoms with Gasteiger partial charge in [-0.3, -0.25) is 0 Å². The van der Waals surface area contributed by atoms with Gasteiger partial charge in [-0.1, -0.05) is 18.2 Å². The number of aromatic carboxylic acids is 1. The van der Waals surface area contributed by atoms with Crippen LogP contribution in [0.15, 0.2) is 60.7 Å². The van der Waals surface area contributed by atoms with Crippen molar-refractivity contribution < 1.29 is 28.5 Å². The fraction of sp³-hybridized carbons (Fsp3) is 0.174. The second kappa shape index (κ2) is 9.65. The predicted octanol–water partition coefficient (Wildman–Crippen LogP) is 4.73. The second-order valence-corrected chi connectivity index (χ2v) is 6.47. The van der Waals surface area contributed by atoms with Crippen molar-refractivity contribution in [1.29, 1.82) is 0 Å². The van der Waals surface area contributed by atoms with Gasteiger partial charge in [-0.2, -0.15) is 0 Å². The number of carboxylic acids is 1. The van der Waals surface area contributed by atoms with Crippen LogP contribution in [-0.4, -0.2) is 25.3 Å². The molecule has 0 saturated carbocycles. The number of hydrogen-bond donors (Lipinski definition) is 2. The van der Waals surface area contributed by atoms with E-state index < -0.39 is 5.97 Å². The van der Waals surface area contributed by atoms with E-state index >= 15 is 0 Å². The van der Waals surface area contributed by atoms with Crippen molar-refractivity contribution >= 4 is 11.7 Å². The first-order valence-electron chi connectivity index (χ1n) is 9.19. The number of carbonyl (C=O) groups is 1. The molecule has 0 saturated heterocycles. The third kappa shape index (κ3) is 5.20. The first-order valence-corrected chi connectivity index (χ1v) is 9.19. The van der Waals surface area contributed by atoms with Gasteiger partial charge < -0.3 is 24.6 Å². The highest BCUT2D eigenvalue weighted by atomic mass is 19.1. The molecule has 0 aliphatic rings. The molecular weight excluding hydrogens is 389 g/mol. The molecule has 0 radical (unpaired) electrons. The fourth-order valence-corrected chi connectivity index (χ4v) is 2.86. The Balaban J connectivity index is 1.69. The van der Waals surface area contributed by atoms with Gasteiger partial charge in [0.15, 0.2) is 11.5 Å². The molecular formula is C23H22FNO5. The van der Waals surface area contributed by atoms with E-state index in [2.05, 4.69) is 5.32 Å². The minimum atomic E-state index is -1.01. The molecule has 0 aliphatic heterocycles. The number of hydrogen-bond acceptors (Lipinski definition) is 5. The van der Waals surface area contributed by atoms with E-state index in [0.29, 0.717) is 29.5 Å². The first kappa shape index (κ1) is 21.0. The number of carboxylic acid groups (broad SMARTS) is 1. The van der Waals surface area contributed by atoms with Crippen molar-refractivity contribution in [2.45, 2.75) is 13.2 Å². The van der Waals surface area contributed by atoms with Crippen LogP contribution in [-0.2, 0) is 13.2 Å². The molecule has 156 valence electrons. The third-order valence-corrected chi connectivity index (χ3v) is 4.47. The van der Waals surface area contributed by atoms with E-state index in [1.54, 1.807) is 31.4 Å². The van der Waals surface area contributed by atoms with Crippen molar-refractivity contribution in [3.05, 3.63) is 83.2 Å². The van der Waals surface area contributed by atoms with E-state index in [4.69, 9.17) is 14.2 Å². The largest absolute Gasteiger partial charge is 0.495 e. The molecule has 7 heteroatoms. The lowest BCUT2D eigenvalue weighted by atomic mass is 10.1. The number of methoxy groups -OCH3 is 2. The number of benzene rings is 3. The lowest BCUT2D eigenvalue weighted by Gasteiger charge is -2.14. The van der Waals surface area contributed by atoms with E-state index in [1.165, 1.54) is 31.4 Å². The van der Waals surface area contributed by atoms with Gasteiger partial charge in [-0.15, -0.1) is 0 Å². The Bertz CT molecular complexity index is 1020. The maximum atomic E-state index is 13.0. The zero-order chi connectivity index (χ0) is 21.5. The molecule has 0 aliphatic carbocycles. The highest BCUT2D eigenvalue weighted by Crippen LogP contribution is 2.30. The summed E-state index contributed by atoms with van der Waals surface area (Å²) < 4.78 is 29.5. The summed E-state index contributed by atoms with van der Waals surface area (Å²) >= 11 is 0. The quantitative estimate of drug-likeness (QED) is 0.530. The van der Waals surface area contributed by atoms with E-state index in [-0.39, 0.29) is 18.0 Å². The molecule has 3 rings (SSSR count). The number of nitrogens with one attached hydrogen (secondary N) is 1. The number of ether oxygens (including phenoxy) is 3. The fourth-order valence-electron chi connectivity index (χ4n) is 2.86. The topological polar surface area (TPSA) is 77.0 Å². The Morgan fingerprint density at radius 2 is 1.57 bits per heavy atom. The van der Waals surface area contributed by atoms with Crippen LogP contribution in [0.3, 0.4) is 0 Å². The maximum absolute atomic E-state index is 13.0. The Morgan fingerprint density at radius 3 is 2.23 bits per heavy atom. The molecule has 3 aromatic carbocycles. The Labute approximate surface area is 173 Å². The number of anilines is 1. The van der Waals surface area contributed by atoms with Gasteiger partial charge in [-0.25, -0.2) is 9.18 Å². The van der Waals surface area contributed by atoms with Gasteiger partial charge in [0.2, 0.25) is 0 Å². The van der Waals surface area contributed by atoms with Crippen LogP contribution in [0.1, 0.15) is 21.5 Å². The van der Waals surface area contributed by atoms with Gasteiger partial charge in [0.25, 0.3) is 0 Å². The summed E-state index contributed by atoms with van der Waals surface area (Å²) in [5.74, 6) is 0.369. The van der Waals surface area contributed by atoms with Gasteiger partial charge >= 0.3 is 5.97 Å². The molecule has 30 heavy (non-hydrogen) atoms. The second-order valence-electron chi connectivity index (χ2n) is 6.47. The van der Waals surface area contributed by atoms with Gasteiger partial charge in [-0.05, 0) is 53.6 Å². The maximum Gasteiger partial charge on any atom is 0.335 e. The first-order chi connectivity index (χ1) is 14.5. The Kier molecular flexibility index (Phi) is 6.75. The van der Waals surface area contributed by atoms with Crippen molar-refractivity contribution in [2.75, 3.05) is 19.5 Å². The lowest BCUT2D eigenvalue weighted by Crippen LogP contribution is -2.05. The summed E-state index contributed by atoms with van der Waals surface area (Å²) in [5.41, 5.74) is 2.49. The monoisotopic (exact) mass is 411 g/mol. The van der Waals surface area contributed by atoms with Crippen LogP contribution in [0.25, 0.3) is 0 Å². The SMILES string of the molecule is COc1ccc(C(=O)O)cc1NCc1ccc(OCc2ccc(F)cc2)c(OC)c1. The molecule has 0 amide bonds. The molecule has 0 fully saturated rings. The summed E-state index contributed by atoms with van der Waals surface area (Å²) in [5, 5.41) is 12.4. The minimum absolute atomic E-state index is 0.167. The highest BCUT2D eigenvalue weighted by Gasteiger charge is 2.10. The van der Waals surface area contributed by atoms with Gasteiger partial charge in [0, 0.05) is 6.54 Å². The summed E-state index contributed by atoms with van der Waals surface area (Å²) in [7, 11) is 3.08. The molecule has 0 unspecified atom stereocenters. The van der Waals surface area contributed by atoms with Gasteiger partial charge in [0.05, 0.1) is 25.5 Å². The molecule has 0 spiro atoms. The molecule has 0 bridgehead atoms. The van der Waals surface area contributed by atoms with E-state index in [0.717, 1.165) is 11.1 Å². The summed E-state index contributed by atoms with van der Waals surface area (Å²) in [6.45, 7) is 0.710. The molecule has 0 atom stereocenters. The molecule has 0 heterocycles. The summed E-state index contributed by atoms with van der Waals surface area (Å²) in [4.78, 5) is 11.2. The third-order valence-electron chi connectivity index (χ3n) is 4.47. The highest BCUT2D eigenvalue weighted by molar-refractivity contribution is 5.89. The minimum Gasteiger partial charge on any atom is -0.495 e. The zero-order valence-electron chi connectivity index (χ0n) is 16.6. The van der Waals surface area contributed by atoms with Crippen LogP contribution in [0.2, 0.25) is 0 Å². The van der Waals surface area contributed by atoms with Crippen molar-refractivity contribution in [3.8, 4) is 17.2 Å². The van der Waals surface area contributed by atoms with Crippen molar-refractivity contribution in [3.63, 3.8) is 0 Å². The smallest absolute Gasteiger partial charge is 0.335 e. The van der Waals surface area contributed by atoms with Crippen molar-refractivity contribution in [1.82, 2.24) is 0 Å². The molecule has 0 aromatic heterocycles. The summed E-state index contributed by atoms with van der Waals surface area (Å²) in [6.07, 6.45) is 0. The normalized spacial score (nSPS) is 10.4.